The van der Waals surface area contributed by atoms with Crippen LogP contribution in [0.15, 0.2) is 6.07 Å². The largest absolute Gasteiger partial charge is 0.313 e. The normalized spacial score (nSPS) is 14.9. The molecule has 0 aromatic carbocycles. The third-order valence-electron chi connectivity index (χ3n) is 3.27. The van der Waals surface area contributed by atoms with E-state index in [1.54, 1.807) is 15.3 Å². The summed E-state index contributed by atoms with van der Waals surface area (Å²) in [6.07, 6.45) is 4.00. The van der Waals surface area contributed by atoms with Gasteiger partial charge in [-0.25, -0.2) is 0 Å². The molecule has 1 aromatic heterocycles. The molecule has 0 saturated carbocycles. The Kier molecular flexibility index (Phi) is 4.60. The van der Waals surface area contributed by atoms with E-state index in [4.69, 9.17) is 0 Å². The van der Waals surface area contributed by atoms with Crippen LogP contribution in [-0.4, -0.2) is 31.1 Å². The van der Waals surface area contributed by atoms with Crippen LogP contribution in [0.5, 0.6) is 0 Å². The summed E-state index contributed by atoms with van der Waals surface area (Å²) in [6.45, 7) is 7.71. The van der Waals surface area contributed by atoms with Gasteiger partial charge in [0, 0.05) is 35.4 Å². The quantitative estimate of drug-likeness (QED) is 0.837. The van der Waals surface area contributed by atoms with Crippen molar-refractivity contribution in [1.82, 2.24) is 10.2 Å². The smallest absolute Gasteiger partial charge is 0.0325 e. The zero-order chi connectivity index (χ0) is 12.3. The van der Waals surface area contributed by atoms with E-state index in [1.165, 1.54) is 19.3 Å². The minimum Gasteiger partial charge on any atom is -0.313 e. The van der Waals surface area contributed by atoms with E-state index < -0.39 is 0 Å². The average Bonchev–Trinajstić information content (AvgIpc) is 2.76. The summed E-state index contributed by atoms with van der Waals surface area (Å²) in [5.74, 6) is 0. The highest BCUT2D eigenvalue weighted by Gasteiger charge is 2.15. The minimum absolute atomic E-state index is 0.592. The standard InChI is InChI=1S/C14H24N2S/c1-11(2)15-7-8-16(3)10-13-9-12-5-4-6-14(12)17-13/h9,11,15H,4-8,10H2,1-3H3. The summed E-state index contributed by atoms with van der Waals surface area (Å²) >= 11 is 2.03. The Bertz CT molecular complexity index is 336. The Morgan fingerprint density at radius 3 is 2.94 bits per heavy atom. The van der Waals surface area contributed by atoms with Crippen LogP contribution in [0, 0.1) is 0 Å². The van der Waals surface area contributed by atoms with E-state index >= 15 is 0 Å². The highest BCUT2D eigenvalue weighted by molar-refractivity contribution is 7.12. The number of rotatable bonds is 6. The van der Waals surface area contributed by atoms with Crippen LogP contribution in [-0.2, 0) is 19.4 Å². The predicted molar refractivity (Wildman–Crippen MR) is 75.8 cm³/mol. The molecular weight excluding hydrogens is 228 g/mol. The summed E-state index contributed by atoms with van der Waals surface area (Å²) in [5, 5.41) is 3.46. The van der Waals surface area contributed by atoms with E-state index in [-0.39, 0.29) is 0 Å². The zero-order valence-corrected chi connectivity index (χ0v) is 12.1. The molecule has 1 N–H and O–H groups in total. The number of likely N-dealkylation sites (N-methyl/N-ethyl adjacent to an activating group) is 1. The number of hydrogen-bond donors (Lipinski definition) is 1. The molecule has 96 valence electrons. The molecule has 1 heterocycles. The Labute approximate surface area is 109 Å². The number of hydrogen-bond acceptors (Lipinski definition) is 3. The van der Waals surface area contributed by atoms with Gasteiger partial charge in [-0.3, -0.25) is 0 Å². The molecule has 17 heavy (non-hydrogen) atoms. The lowest BCUT2D eigenvalue weighted by Gasteiger charge is -2.17. The van der Waals surface area contributed by atoms with Crippen molar-refractivity contribution in [3.63, 3.8) is 0 Å². The van der Waals surface area contributed by atoms with Gasteiger partial charge < -0.3 is 10.2 Å². The van der Waals surface area contributed by atoms with Crippen LogP contribution in [0.2, 0.25) is 0 Å². The number of aryl methyl sites for hydroxylation is 2. The molecule has 1 aliphatic carbocycles. The molecule has 3 heteroatoms. The molecule has 0 amide bonds. The van der Waals surface area contributed by atoms with Crippen molar-refractivity contribution in [3.05, 3.63) is 21.4 Å². The number of thiophene rings is 1. The summed E-state index contributed by atoms with van der Waals surface area (Å²) < 4.78 is 0. The maximum absolute atomic E-state index is 3.46. The van der Waals surface area contributed by atoms with Crippen molar-refractivity contribution < 1.29 is 0 Å². The highest BCUT2D eigenvalue weighted by atomic mass is 32.1. The lowest BCUT2D eigenvalue weighted by molar-refractivity contribution is 0.322. The second kappa shape index (κ2) is 5.98. The number of nitrogens with one attached hydrogen (secondary N) is 1. The lowest BCUT2D eigenvalue weighted by atomic mass is 10.2. The summed E-state index contributed by atoms with van der Waals surface area (Å²) in [7, 11) is 2.22. The van der Waals surface area contributed by atoms with Gasteiger partial charge in [0.05, 0.1) is 0 Å². The first kappa shape index (κ1) is 13.1. The first-order valence-corrected chi connectivity index (χ1v) is 7.49. The van der Waals surface area contributed by atoms with Crippen molar-refractivity contribution in [1.29, 1.82) is 0 Å². The van der Waals surface area contributed by atoms with Crippen molar-refractivity contribution in [3.8, 4) is 0 Å². The van der Waals surface area contributed by atoms with Crippen molar-refractivity contribution >= 4 is 11.3 Å². The second-order valence-electron chi connectivity index (χ2n) is 5.36. The fourth-order valence-corrected chi connectivity index (χ4v) is 3.70. The van der Waals surface area contributed by atoms with Crippen LogP contribution < -0.4 is 5.32 Å². The first-order chi connectivity index (χ1) is 8.15. The molecule has 0 fully saturated rings. The van der Waals surface area contributed by atoms with Gasteiger partial charge in [0.25, 0.3) is 0 Å². The van der Waals surface area contributed by atoms with Gasteiger partial charge in [0.1, 0.15) is 0 Å². The number of nitrogens with zero attached hydrogens (tertiary/aromatic N) is 1. The molecule has 0 spiro atoms. The zero-order valence-electron chi connectivity index (χ0n) is 11.3. The summed E-state index contributed by atoms with van der Waals surface area (Å²) in [4.78, 5) is 5.60. The fraction of sp³-hybridized carbons (Fsp3) is 0.714. The average molecular weight is 252 g/mol. The van der Waals surface area contributed by atoms with Gasteiger partial charge in [-0.05, 0) is 37.9 Å². The van der Waals surface area contributed by atoms with Crippen LogP contribution in [0.1, 0.15) is 35.6 Å². The molecule has 0 aliphatic heterocycles. The molecule has 1 aliphatic rings. The SMILES string of the molecule is CC(C)NCCN(C)Cc1cc2c(s1)CCC2. The molecule has 2 rings (SSSR count). The molecule has 0 unspecified atom stereocenters. The van der Waals surface area contributed by atoms with Crippen molar-refractivity contribution in [2.75, 3.05) is 20.1 Å². The number of fused-ring (bicyclic) bond motifs is 1. The van der Waals surface area contributed by atoms with Gasteiger partial charge in [0.2, 0.25) is 0 Å². The van der Waals surface area contributed by atoms with Crippen molar-refractivity contribution in [2.45, 2.75) is 45.7 Å². The first-order valence-electron chi connectivity index (χ1n) is 6.67. The van der Waals surface area contributed by atoms with E-state index in [0.717, 1.165) is 19.6 Å². The maximum Gasteiger partial charge on any atom is 0.0325 e. The van der Waals surface area contributed by atoms with Gasteiger partial charge in [-0.15, -0.1) is 11.3 Å². The van der Waals surface area contributed by atoms with E-state index in [2.05, 4.69) is 37.2 Å². The summed E-state index contributed by atoms with van der Waals surface area (Å²) in [5.41, 5.74) is 1.62. The van der Waals surface area contributed by atoms with Crippen LogP contribution in [0.4, 0.5) is 0 Å². The van der Waals surface area contributed by atoms with E-state index in [0.29, 0.717) is 6.04 Å². The predicted octanol–water partition coefficient (Wildman–Crippen LogP) is 2.67. The lowest BCUT2D eigenvalue weighted by Crippen LogP contribution is -2.32. The van der Waals surface area contributed by atoms with E-state index in [1.807, 2.05) is 11.3 Å². The van der Waals surface area contributed by atoms with Crippen LogP contribution in [0.3, 0.4) is 0 Å². The third kappa shape index (κ3) is 3.80. The highest BCUT2D eigenvalue weighted by Crippen LogP contribution is 2.30. The fourth-order valence-electron chi connectivity index (χ4n) is 2.36. The monoisotopic (exact) mass is 252 g/mol. The van der Waals surface area contributed by atoms with Gasteiger partial charge >= 0.3 is 0 Å². The molecule has 1 aromatic rings. The third-order valence-corrected chi connectivity index (χ3v) is 4.49. The van der Waals surface area contributed by atoms with Crippen LogP contribution >= 0.6 is 11.3 Å². The summed E-state index contributed by atoms with van der Waals surface area (Å²) in [6, 6.07) is 3.02. The van der Waals surface area contributed by atoms with Crippen molar-refractivity contribution in [2.24, 2.45) is 0 Å². The maximum atomic E-state index is 3.46. The topological polar surface area (TPSA) is 15.3 Å². The van der Waals surface area contributed by atoms with Gasteiger partial charge in [-0.1, -0.05) is 13.8 Å². The Morgan fingerprint density at radius 2 is 2.24 bits per heavy atom. The molecule has 0 radical (unpaired) electrons. The van der Waals surface area contributed by atoms with Gasteiger partial charge in [0.15, 0.2) is 0 Å². The van der Waals surface area contributed by atoms with Gasteiger partial charge in [-0.2, -0.15) is 0 Å². The molecule has 2 nitrogen and oxygen atoms in total. The molecule has 0 atom stereocenters. The molecular formula is C14H24N2S. The molecule has 0 bridgehead atoms. The minimum atomic E-state index is 0.592. The second-order valence-corrected chi connectivity index (χ2v) is 6.58. The van der Waals surface area contributed by atoms with Crippen LogP contribution in [0.25, 0.3) is 0 Å². The Morgan fingerprint density at radius 1 is 1.41 bits per heavy atom. The molecule has 0 saturated heterocycles. The Hall–Kier alpha value is -0.380. The Balaban J connectivity index is 1.75. The van der Waals surface area contributed by atoms with E-state index in [9.17, 15) is 0 Å².